The standard InChI is InChI=1S/C16H31N3/c1-18(2)16(17-14-10-6-4-7-11-14)19(3)15-12-8-5-9-13-15/h14-15H,4-13H2,1-3H3/p+1. The zero-order valence-electron chi connectivity index (χ0n) is 13.1. The molecule has 0 amide bonds. The quantitative estimate of drug-likeness (QED) is 0.471. The van der Waals surface area contributed by atoms with E-state index in [2.05, 4.69) is 35.9 Å². The molecule has 0 aromatic carbocycles. The molecule has 2 aliphatic carbocycles. The zero-order valence-corrected chi connectivity index (χ0v) is 13.1. The SMILES string of the molecule is CN(C(NC1CCCCC1)=[N+](C)C)C1CCCCC1. The largest absolute Gasteiger partial charge is 0.347 e. The number of nitrogens with one attached hydrogen (secondary N) is 1. The second kappa shape index (κ2) is 7.16. The molecule has 19 heavy (non-hydrogen) atoms. The van der Waals surface area contributed by atoms with Crippen molar-refractivity contribution in [3.8, 4) is 0 Å². The van der Waals surface area contributed by atoms with Gasteiger partial charge in [-0.15, -0.1) is 0 Å². The smallest absolute Gasteiger partial charge is 0.275 e. The van der Waals surface area contributed by atoms with Gasteiger partial charge in [-0.1, -0.05) is 38.5 Å². The van der Waals surface area contributed by atoms with E-state index < -0.39 is 0 Å². The predicted octanol–water partition coefficient (Wildman–Crippen LogP) is 2.80. The molecule has 2 fully saturated rings. The summed E-state index contributed by atoms with van der Waals surface area (Å²) in [4.78, 5) is 2.51. The number of hydrogen-bond donors (Lipinski definition) is 1. The van der Waals surface area contributed by atoms with Gasteiger partial charge in [0.15, 0.2) is 0 Å². The Hall–Kier alpha value is -0.730. The fourth-order valence-electron chi connectivity index (χ4n) is 3.62. The van der Waals surface area contributed by atoms with E-state index in [0.717, 1.165) is 6.04 Å². The van der Waals surface area contributed by atoms with Crippen molar-refractivity contribution in [2.45, 2.75) is 76.3 Å². The van der Waals surface area contributed by atoms with Crippen molar-refractivity contribution in [2.24, 2.45) is 0 Å². The minimum absolute atomic E-state index is 0.692. The van der Waals surface area contributed by atoms with E-state index in [1.807, 2.05) is 0 Å². The molecule has 1 N–H and O–H groups in total. The first kappa shape index (κ1) is 14.7. The molecule has 0 atom stereocenters. The first-order chi connectivity index (χ1) is 9.18. The van der Waals surface area contributed by atoms with Crippen LogP contribution in [0.4, 0.5) is 0 Å². The Morgan fingerprint density at radius 1 is 0.895 bits per heavy atom. The van der Waals surface area contributed by atoms with Crippen LogP contribution in [-0.4, -0.2) is 48.7 Å². The van der Waals surface area contributed by atoms with Crippen LogP contribution in [0.2, 0.25) is 0 Å². The molecule has 0 heterocycles. The highest BCUT2D eigenvalue weighted by molar-refractivity contribution is 5.75. The van der Waals surface area contributed by atoms with E-state index in [9.17, 15) is 0 Å². The lowest BCUT2D eigenvalue weighted by Gasteiger charge is -2.31. The third-order valence-electron chi connectivity index (χ3n) is 4.82. The average Bonchev–Trinajstić information content (AvgIpc) is 2.46. The molecule has 0 aliphatic heterocycles. The summed E-state index contributed by atoms with van der Waals surface area (Å²) < 4.78 is 2.27. The van der Waals surface area contributed by atoms with Crippen LogP contribution in [0.3, 0.4) is 0 Å². The molecule has 2 saturated carbocycles. The molecule has 0 bridgehead atoms. The minimum atomic E-state index is 0.692. The lowest BCUT2D eigenvalue weighted by atomic mass is 9.94. The molecule has 3 nitrogen and oxygen atoms in total. The number of nitrogens with zero attached hydrogens (tertiary/aromatic N) is 2. The molecule has 0 aromatic rings. The van der Waals surface area contributed by atoms with Crippen LogP contribution in [0.5, 0.6) is 0 Å². The van der Waals surface area contributed by atoms with Crippen molar-refractivity contribution in [1.82, 2.24) is 10.2 Å². The van der Waals surface area contributed by atoms with Gasteiger partial charge in [-0.2, -0.15) is 0 Å². The van der Waals surface area contributed by atoms with E-state index >= 15 is 0 Å². The molecular weight excluding hydrogens is 234 g/mol. The highest BCUT2D eigenvalue weighted by Gasteiger charge is 2.29. The zero-order chi connectivity index (χ0) is 13.7. The summed E-state index contributed by atoms with van der Waals surface area (Å²) >= 11 is 0. The topological polar surface area (TPSA) is 18.3 Å². The maximum absolute atomic E-state index is 3.82. The Bertz CT molecular complexity index is 295. The van der Waals surface area contributed by atoms with Crippen molar-refractivity contribution in [2.75, 3.05) is 21.1 Å². The Kier molecular flexibility index (Phi) is 5.53. The Morgan fingerprint density at radius 2 is 1.42 bits per heavy atom. The third-order valence-corrected chi connectivity index (χ3v) is 4.82. The van der Waals surface area contributed by atoms with Crippen LogP contribution in [0.25, 0.3) is 0 Å². The first-order valence-electron chi connectivity index (χ1n) is 8.22. The van der Waals surface area contributed by atoms with Crippen molar-refractivity contribution in [3.05, 3.63) is 0 Å². The second-order valence-electron chi connectivity index (χ2n) is 6.60. The van der Waals surface area contributed by atoms with Crippen LogP contribution in [0.1, 0.15) is 64.2 Å². The van der Waals surface area contributed by atoms with Gasteiger partial charge in [0.2, 0.25) is 0 Å². The summed E-state index contributed by atoms with van der Waals surface area (Å²) in [6.07, 6.45) is 13.9. The lowest BCUT2D eigenvalue weighted by molar-refractivity contribution is -0.473. The molecule has 3 heteroatoms. The van der Waals surface area contributed by atoms with E-state index in [1.165, 1.54) is 70.2 Å². The molecule has 0 radical (unpaired) electrons. The van der Waals surface area contributed by atoms with Crippen LogP contribution in [0, 0.1) is 0 Å². The summed E-state index contributed by atoms with van der Waals surface area (Å²) in [6, 6.07) is 1.43. The van der Waals surface area contributed by atoms with E-state index in [1.54, 1.807) is 0 Å². The van der Waals surface area contributed by atoms with Crippen LogP contribution >= 0.6 is 0 Å². The van der Waals surface area contributed by atoms with Crippen molar-refractivity contribution >= 4 is 5.96 Å². The predicted molar refractivity (Wildman–Crippen MR) is 81.8 cm³/mol. The highest BCUT2D eigenvalue weighted by Crippen LogP contribution is 2.22. The molecular formula is C16H32N3+. The summed E-state index contributed by atoms with van der Waals surface area (Å²) in [5.74, 6) is 1.33. The van der Waals surface area contributed by atoms with Gasteiger partial charge in [0.25, 0.3) is 0 Å². The highest BCUT2D eigenvalue weighted by atomic mass is 15.3. The van der Waals surface area contributed by atoms with Crippen molar-refractivity contribution in [1.29, 1.82) is 0 Å². The minimum Gasteiger partial charge on any atom is -0.275 e. The number of guanidine groups is 1. The van der Waals surface area contributed by atoms with Crippen molar-refractivity contribution in [3.63, 3.8) is 0 Å². The van der Waals surface area contributed by atoms with Crippen LogP contribution in [0.15, 0.2) is 0 Å². The van der Waals surface area contributed by atoms with Gasteiger partial charge in [0.1, 0.15) is 0 Å². The van der Waals surface area contributed by atoms with E-state index in [-0.39, 0.29) is 0 Å². The molecule has 0 saturated heterocycles. The van der Waals surface area contributed by atoms with Gasteiger partial charge in [-0.3, -0.25) is 14.8 Å². The van der Waals surface area contributed by atoms with E-state index in [4.69, 9.17) is 0 Å². The molecule has 0 aromatic heterocycles. The Morgan fingerprint density at radius 3 is 1.95 bits per heavy atom. The van der Waals surface area contributed by atoms with Gasteiger partial charge in [-0.05, 0) is 25.7 Å². The fraction of sp³-hybridized carbons (Fsp3) is 0.938. The van der Waals surface area contributed by atoms with Gasteiger partial charge < -0.3 is 0 Å². The average molecular weight is 266 g/mol. The summed E-state index contributed by atoms with van der Waals surface area (Å²) in [6.45, 7) is 0. The number of hydrogen-bond acceptors (Lipinski definition) is 0. The van der Waals surface area contributed by atoms with Crippen LogP contribution in [-0.2, 0) is 0 Å². The van der Waals surface area contributed by atoms with E-state index in [0.29, 0.717) is 6.04 Å². The Labute approximate surface area is 119 Å². The molecule has 2 rings (SSSR count). The fourth-order valence-corrected chi connectivity index (χ4v) is 3.62. The monoisotopic (exact) mass is 266 g/mol. The summed E-state index contributed by atoms with van der Waals surface area (Å²) in [7, 11) is 6.62. The molecule has 0 unspecified atom stereocenters. The van der Waals surface area contributed by atoms with Crippen LogP contribution < -0.4 is 5.32 Å². The summed E-state index contributed by atoms with van der Waals surface area (Å²) in [5, 5.41) is 3.82. The Balaban J connectivity index is 1.96. The normalized spacial score (nSPS) is 22.1. The second-order valence-corrected chi connectivity index (χ2v) is 6.60. The maximum atomic E-state index is 3.82. The third kappa shape index (κ3) is 4.12. The van der Waals surface area contributed by atoms with Gasteiger partial charge in [0.05, 0.1) is 33.2 Å². The number of rotatable bonds is 2. The molecule has 2 aliphatic rings. The lowest BCUT2D eigenvalue weighted by Crippen LogP contribution is -2.52. The van der Waals surface area contributed by atoms with Crippen molar-refractivity contribution < 1.29 is 4.58 Å². The van der Waals surface area contributed by atoms with Gasteiger partial charge in [-0.25, -0.2) is 0 Å². The molecule has 0 spiro atoms. The first-order valence-corrected chi connectivity index (χ1v) is 8.22. The molecule has 110 valence electrons. The van der Waals surface area contributed by atoms with Gasteiger partial charge >= 0.3 is 5.96 Å². The van der Waals surface area contributed by atoms with Gasteiger partial charge in [0, 0.05) is 0 Å². The summed E-state index contributed by atoms with van der Waals surface area (Å²) in [5.41, 5.74) is 0. The maximum Gasteiger partial charge on any atom is 0.347 e.